The molecule has 0 unspecified atom stereocenters. The lowest BCUT2D eigenvalue weighted by Crippen LogP contribution is -2.32. The molecule has 2 aromatic heterocycles. The summed E-state index contributed by atoms with van der Waals surface area (Å²) in [7, 11) is 0. The third-order valence-corrected chi connectivity index (χ3v) is 7.30. The van der Waals surface area contributed by atoms with Crippen molar-refractivity contribution in [1.82, 2.24) is 19.4 Å². The van der Waals surface area contributed by atoms with E-state index in [1.54, 1.807) is 0 Å². The number of nitrogens with one attached hydrogen (secondary N) is 1. The summed E-state index contributed by atoms with van der Waals surface area (Å²) in [6, 6.07) is 0. The topological polar surface area (TPSA) is 80.1 Å². The van der Waals surface area contributed by atoms with E-state index in [1.807, 2.05) is 16.9 Å². The van der Waals surface area contributed by atoms with Crippen molar-refractivity contribution in [2.24, 2.45) is 0 Å². The number of fused-ring (bicyclic) bond motifs is 1. The molecule has 0 radical (unpaired) electrons. The first-order chi connectivity index (χ1) is 14.5. The quantitative estimate of drug-likeness (QED) is 0.443. The molecule has 0 fully saturated rings. The molecule has 0 spiro atoms. The van der Waals surface area contributed by atoms with Crippen LogP contribution in [0.2, 0.25) is 0 Å². The predicted octanol–water partition coefficient (Wildman–Crippen LogP) is 3.35. The summed E-state index contributed by atoms with van der Waals surface area (Å²) in [6.45, 7) is 9.97. The SMILES string of the molecule is CCN(CC)CCCn1c2c(c(SCC(=O)Nc3nc(C)cs3)nc1=O)CCCC2. The Morgan fingerprint density at radius 1 is 1.27 bits per heavy atom. The highest BCUT2D eigenvalue weighted by molar-refractivity contribution is 8.00. The second-order valence-corrected chi connectivity index (χ2v) is 9.32. The Morgan fingerprint density at radius 3 is 2.73 bits per heavy atom. The van der Waals surface area contributed by atoms with Crippen molar-refractivity contribution < 1.29 is 4.79 Å². The van der Waals surface area contributed by atoms with Crippen LogP contribution in [-0.2, 0) is 24.2 Å². The normalized spacial score (nSPS) is 13.5. The van der Waals surface area contributed by atoms with Gasteiger partial charge in [-0.2, -0.15) is 4.98 Å². The molecule has 1 aliphatic carbocycles. The molecule has 0 aromatic carbocycles. The average molecular weight is 450 g/mol. The Morgan fingerprint density at radius 2 is 2.03 bits per heavy atom. The van der Waals surface area contributed by atoms with Crippen molar-refractivity contribution in [2.75, 3.05) is 30.7 Å². The minimum Gasteiger partial charge on any atom is -0.304 e. The van der Waals surface area contributed by atoms with Gasteiger partial charge in [0.25, 0.3) is 0 Å². The van der Waals surface area contributed by atoms with E-state index in [-0.39, 0.29) is 17.3 Å². The molecule has 0 bridgehead atoms. The van der Waals surface area contributed by atoms with Gasteiger partial charge in [0, 0.05) is 23.2 Å². The molecular weight excluding hydrogens is 418 g/mol. The van der Waals surface area contributed by atoms with Crippen LogP contribution in [0.15, 0.2) is 15.2 Å². The summed E-state index contributed by atoms with van der Waals surface area (Å²) in [5.41, 5.74) is 2.99. The molecule has 2 heterocycles. The van der Waals surface area contributed by atoms with Gasteiger partial charge in [-0.25, -0.2) is 9.78 Å². The van der Waals surface area contributed by atoms with Gasteiger partial charge in [0.1, 0.15) is 5.03 Å². The number of aryl methyl sites for hydroxylation is 1. The molecule has 2 aromatic rings. The van der Waals surface area contributed by atoms with E-state index in [9.17, 15) is 9.59 Å². The van der Waals surface area contributed by atoms with Gasteiger partial charge in [0.15, 0.2) is 5.13 Å². The average Bonchev–Trinajstić information content (AvgIpc) is 3.15. The third kappa shape index (κ3) is 5.92. The van der Waals surface area contributed by atoms with E-state index in [1.165, 1.54) is 23.1 Å². The van der Waals surface area contributed by atoms with Crippen molar-refractivity contribution in [2.45, 2.75) is 64.4 Å². The number of thioether (sulfide) groups is 1. The molecule has 9 heteroatoms. The number of anilines is 1. The Bertz CT molecular complexity index is 921. The first-order valence-electron chi connectivity index (χ1n) is 10.7. The second-order valence-electron chi connectivity index (χ2n) is 7.49. The zero-order valence-corrected chi connectivity index (χ0v) is 19.7. The maximum Gasteiger partial charge on any atom is 0.348 e. The minimum absolute atomic E-state index is 0.121. The van der Waals surface area contributed by atoms with Crippen molar-refractivity contribution in [3.05, 3.63) is 32.8 Å². The zero-order valence-electron chi connectivity index (χ0n) is 18.1. The summed E-state index contributed by atoms with van der Waals surface area (Å²) in [4.78, 5) is 36.1. The summed E-state index contributed by atoms with van der Waals surface area (Å²) in [5.74, 6) is 0.104. The molecule has 164 valence electrons. The minimum atomic E-state index is -0.186. The largest absolute Gasteiger partial charge is 0.348 e. The van der Waals surface area contributed by atoms with E-state index in [2.05, 4.69) is 34.0 Å². The first-order valence-corrected chi connectivity index (χ1v) is 12.6. The summed E-state index contributed by atoms with van der Waals surface area (Å²) in [6.07, 6.45) is 4.98. The molecule has 7 nitrogen and oxygen atoms in total. The van der Waals surface area contributed by atoms with Crippen LogP contribution in [0.3, 0.4) is 0 Å². The van der Waals surface area contributed by atoms with E-state index >= 15 is 0 Å². The Kier molecular flexibility index (Phi) is 8.47. The van der Waals surface area contributed by atoms with Crippen LogP contribution in [0.25, 0.3) is 0 Å². The van der Waals surface area contributed by atoms with E-state index in [4.69, 9.17) is 0 Å². The molecule has 3 rings (SSSR count). The molecular formula is C21H31N5O2S2. The highest BCUT2D eigenvalue weighted by Crippen LogP contribution is 2.28. The first kappa shape index (κ1) is 23.0. The van der Waals surface area contributed by atoms with Gasteiger partial charge in [-0.15, -0.1) is 11.3 Å². The van der Waals surface area contributed by atoms with E-state index in [0.29, 0.717) is 11.7 Å². The number of hydrogen-bond acceptors (Lipinski definition) is 7. The monoisotopic (exact) mass is 449 g/mol. The van der Waals surface area contributed by atoms with Crippen molar-refractivity contribution >= 4 is 34.1 Å². The van der Waals surface area contributed by atoms with Gasteiger partial charge in [-0.3, -0.25) is 9.36 Å². The van der Waals surface area contributed by atoms with Gasteiger partial charge in [-0.05, 0) is 58.7 Å². The molecule has 0 saturated heterocycles. The molecule has 0 saturated carbocycles. The fourth-order valence-electron chi connectivity index (χ4n) is 3.79. The summed E-state index contributed by atoms with van der Waals surface area (Å²) < 4.78 is 1.88. The Labute approximate surface area is 186 Å². The van der Waals surface area contributed by atoms with Crippen molar-refractivity contribution in [1.29, 1.82) is 0 Å². The van der Waals surface area contributed by atoms with E-state index < -0.39 is 0 Å². The number of aromatic nitrogens is 3. The van der Waals surface area contributed by atoms with Crippen LogP contribution in [0, 0.1) is 6.92 Å². The lowest BCUT2D eigenvalue weighted by Gasteiger charge is -2.23. The molecule has 0 aliphatic heterocycles. The smallest absolute Gasteiger partial charge is 0.304 e. The van der Waals surface area contributed by atoms with Gasteiger partial charge in [0.05, 0.1) is 11.4 Å². The van der Waals surface area contributed by atoms with Crippen molar-refractivity contribution in [3.63, 3.8) is 0 Å². The highest BCUT2D eigenvalue weighted by Gasteiger charge is 2.21. The lowest BCUT2D eigenvalue weighted by atomic mass is 9.97. The van der Waals surface area contributed by atoms with Crippen LogP contribution in [-0.4, -0.2) is 50.7 Å². The molecule has 1 aliphatic rings. The summed E-state index contributed by atoms with van der Waals surface area (Å²) in [5, 5.41) is 6.05. The fourth-order valence-corrected chi connectivity index (χ4v) is 5.37. The number of hydrogen-bond donors (Lipinski definition) is 1. The van der Waals surface area contributed by atoms with Crippen molar-refractivity contribution in [3.8, 4) is 0 Å². The Hall–Kier alpha value is -1.71. The maximum atomic E-state index is 12.8. The zero-order chi connectivity index (χ0) is 21.5. The van der Waals surface area contributed by atoms with Crippen LogP contribution in [0.1, 0.15) is 50.1 Å². The highest BCUT2D eigenvalue weighted by atomic mass is 32.2. The molecule has 30 heavy (non-hydrogen) atoms. The number of nitrogens with zero attached hydrogens (tertiary/aromatic N) is 4. The predicted molar refractivity (Wildman–Crippen MR) is 124 cm³/mol. The van der Waals surface area contributed by atoms with Crippen LogP contribution in [0.4, 0.5) is 5.13 Å². The van der Waals surface area contributed by atoms with Gasteiger partial charge in [-0.1, -0.05) is 25.6 Å². The van der Waals surface area contributed by atoms with Gasteiger partial charge >= 0.3 is 5.69 Å². The standard InChI is InChI=1S/C21H31N5O2S2/c1-4-25(5-2)11-8-12-26-17-10-7-6-9-16(17)19(24-21(26)28)29-14-18(27)23-20-22-15(3)13-30-20/h13H,4-12,14H2,1-3H3,(H,22,23,27). The second kappa shape index (κ2) is 11.1. The van der Waals surface area contributed by atoms with Crippen LogP contribution in [0.5, 0.6) is 0 Å². The number of thiazole rings is 1. The van der Waals surface area contributed by atoms with E-state index in [0.717, 1.165) is 73.7 Å². The maximum absolute atomic E-state index is 12.8. The van der Waals surface area contributed by atoms with Gasteiger partial charge in [0.2, 0.25) is 5.91 Å². The molecule has 0 atom stereocenters. The van der Waals surface area contributed by atoms with Crippen LogP contribution < -0.4 is 11.0 Å². The lowest BCUT2D eigenvalue weighted by molar-refractivity contribution is -0.113. The number of rotatable bonds is 10. The number of carbonyl (C=O) groups is 1. The summed E-state index contributed by atoms with van der Waals surface area (Å²) >= 11 is 2.77. The molecule has 1 amide bonds. The third-order valence-electron chi connectivity index (χ3n) is 5.41. The number of carbonyl (C=O) groups excluding carboxylic acids is 1. The molecule has 1 N–H and O–H groups in total. The Balaban J connectivity index is 1.69. The number of amides is 1. The van der Waals surface area contributed by atoms with Crippen LogP contribution >= 0.6 is 23.1 Å². The fraction of sp³-hybridized carbons (Fsp3) is 0.619. The van der Waals surface area contributed by atoms with Gasteiger partial charge < -0.3 is 10.2 Å².